The van der Waals surface area contributed by atoms with Gasteiger partial charge in [-0.3, -0.25) is 0 Å². The third-order valence-electron chi connectivity index (χ3n) is 2.42. The summed E-state index contributed by atoms with van der Waals surface area (Å²) in [5.74, 6) is 0. The van der Waals surface area contributed by atoms with Crippen LogP contribution in [0.3, 0.4) is 0 Å². The van der Waals surface area contributed by atoms with Gasteiger partial charge in [-0.15, -0.1) is 11.3 Å². The number of thiophene rings is 1. The third kappa shape index (κ3) is 2.23. The van der Waals surface area contributed by atoms with E-state index in [0.29, 0.717) is 0 Å². The Hall–Kier alpha value is -0.830. The summed E-state index contributed by atoms with van der Waals surface area (Å²) in [6.07, 6.45) is 0. The van der Waals surface area contributed by atoms with E-state index >= 15 is 0 Å². The molecule has 0 aliphatic heterocycles. The minimum atomic E-state index is -0.0396. The highest BCUT2D eigenvalue weighted by atomic mass is 35.5. The standard InChI is InChI=1S/C12H12ClNS/c1-8-7-9(13)4-5-10(8)12(14)11-3-2-6-15-11/h2-7,12H,14H2,1H3/t12-/m1/s1. The first-order valence-electron chi connectivity index (χ1n) is 4.73. The van der Waals surface area contributed by atoms with Crippen LogP contribution in [0.4, 0.5) is 0 Å². The van der Waals surface area contributed by atoms with Gasteiger partial charge in [0.05, 0.1) is 6.04 Å². The molecular weight excluding hydrogens is 226 g/mol. The van der Waals surface area contributed by atoms with Crippen molar-refractivity contribution in [2.75, 3.05) is 0 Å². The largest absolute Gasteiger partial charge is 0.320 e. The van der Waals surface area contributed by atoms with Crippen LogP contribution < -0.4 is 5.73 Å². The third-order valence-corrected chi connectivity index (χ3v) is 3.61. The summed E-state index contributed by atoms with van der Waals surface area (Å²) in [5, 5.41) is 2.80. The average molecular weight is 238 g/mol. The molecule has 0 spiro atoms. The lowest BCUT2D eigenvalue weighted by atomic mass is 10.0. The average Bonchev–Trinajstić information content (AvgIpc) is 2.69. The molecule has 1 aromatic carbocycles. The van der Waals surface area contributed by atoms with E-state index in [1.165, 1.54) is 4.88 Å². The number of hydrogen-bond acceptors (Lipinski definition) is 2. The number of nitrogens with two attached hydrogens (primary N) is 1. The Morgan fingerprint density at radius 2 is 2.13 bits per heavy atom. The van der Waals surface area contributed by atoms with E-state index < -0.39 is 0 Å². The lowest BCUT2D eigenvalue weighted by Crippen LogP contribution is -2.11. The first-order chi connectivity index (χ1) is 7.18. The second-order valence-corrected chi connectivity index (χ2v) is 4.91. The van der Waals surface area contributed by atoms with Gasteiger partial charge in [0.1, 0.15) is 0 Å². The Bertz CT molecular complexity index is 451. The smallest absolute Gasteiger partial charge is 0.0648 e. The Morgan fingerprint density at radius 3 is 2.73 bits per heavy atom. The highest BCUT2D eigenvalue weighted by Crippen LogP contribution is 2.27. The predicted octanol–water partition coefficient (Wildman–Crippen LogP) is 3.76. The molecule has 78 valence electrons. The molecule has 2 aromatic rings. The Kier molecular flexibility index (Phi) is 3.10. The van der Waals surface area contributed by atoms with Crippen LogP contribution in [0.2, 0.25) is 5.02 Å². The topological polar surface area (TPSA) is 26.0 Å². The summed E-state index contributed by atoms with van der Waals surface area (Å²) in [5.41, 5.74) is 8.46. The van der Waals surface area contributed by atoms with Crippen molar-refractivity contribution in [2.24, 2.45) is 5.73 Å². The van der Waals surface area contributed by atoms with Crippen molar-refractivity contribution in [3.63, 3.8) is 0 Å². The first kappa shape index (κ1) is 10.7. The lowest BCUT2D eigenvalue weighted by Gasteiger charge is -2.13. The van der Waals surface area contributed by atoms with E-state index in [0.717, 1.165) is 16.1 Å². The molecule has 0 saturated heterocycles. The second-order valence-electron chi connectivity index (χ2n) is 3.49. The predicted molar refractivity (Wildman–Crippen MR) is 66.5 cm³/mol. The molecule has 15 heavy (non-hydrogen) atoms. The van der Waals surface area contributed by atoms with E-state index in [9.17, 15) is 0 Å². The van der Waals surface area contributed by atoms with Gasteiger partial charge in [0.15, 0.2) is 0 Å². The molecule has 0 bridgehead atoms. The fourth-order valence-corrected chi connectivity index (χ4v) is 2.58. The molecule has 2 rings (SSSR count). The normalized spacial score (nSPS) is 12.7. The van der Waals surface area contributed by atoms with Gasteiger partial charge in [-0.1, -0.05) is 23.7 Å². The fourth-order valence-electron chi connectivity index (χ4n) is 1.61. The number of aryl methyl sites for hydroxylation is 1. The number of hydrogen-bond donors (Lipinski definition) is 1. The number of benzene rings is 1. The van der Waals surface area contributed by atoms with E-state index in [1.54, 1.807) is 11.3 Å². The Morgan fingerprint density at radius 1 is 1.33 bits per heavy atom. The van der Waals surface area contributed by atoms with Crippen LogP contribution in [0.5, 0.6) is 0 Å². The van der Waals surface area contributed by atoms with Crippen molar-refractivity contribution in [2.45, 2.75) is 13.0 Å². The van der Waals surface area contributed by atoms with Crippen molar-refractivity contribution in [3.05, 3.63) is 56.7 Å². The maximum atomic E-state index is 6.18. The lowest BCUT2D eigenvalue weighted by molar-refractivity contribution is 0.883. The van der Waals surface area contributed by atoms with Gasteiger partial charge < -0.3 is 5.73 Å². The summed E-state index contributed by atoms with van der Waals surface area (Å²) in [6.45, 7) is 2.04. The quantitative estimate of drug-likeness (QED) is 0.846. The number of halogens is 1. The van der Waals surface area contributed by atoms with E-state index in [-0.39, 0.29) is 6.04 Å². The Balaban J connectivity index is 2.38. The van der Waals surface area contributed by atoms with Gasteiger partial charge in [-0.05, 0) is 41.6 Å². The van der Waals surface area contributed by atoms with Gasteiger partial charge in [-0.2, -0.15) is 0 Å². The van der Waals surface area contributed by atoms with Gasteiger partial charge in [-0.25, -0.2) is 0 Å². The van der Waals surface area contributed by atoms with Crippen LogP contribution in [-0.4, -0.2) is 0 Å². The summed E-state index contributed by atoms with van der Waals surface area (Å²) in [6, 6.07) is 9.88. The van der Waals surface area contributed by atoms with E-state index in [2.05, 4.69) is 6.07 Å². The van der Waals surface area contributed by atoms with Crippen LogP contribution in [0.25, 0.3) is 0 Å². The van der Waals surface area contributed by atoms with E-state index in [1.807, 2.05) is 36.6 Å². The molecule has 0 saturated carbocycles. The van der Waals surface area contributed by atoms with E-state index in [4.69, 9.17) is 17.3 Å². The summed E-state index contributed by atoms with van der Waals surface area (Å²) in [4.78, 5) is 1.18. The molecule has 3 heteroatoms. The fraction of sp³-hybridized carbons (Fsp3) is 0.167. The monoisotopic (exact) mass is 237 g/mol. The van der Waals surface area contributed by atoms with Crippen molar-refractivity contribution in [1.29, 1.82) is 0 Å². The van der Waals surface area contributed by atoms with Crippen LogP contribution in [0.1, 0.15) is 22.0 Å². The van der Waals surface area contributed by atoms with Crippen LogP contribution in [0.15, 0.2) is 35.7 Å². The van der Waals surface area contributed by atoms with Crippen molar-refractivity contribution in [3.8, 4) is 0 Å². The van der Waals surface area contributed by atoms with Gasteiger partial charge in [0, 0.05) is 9.90 Å². The van der Waals surface area contributed by atoms with Crippen LogP contribution in [-0.2, 0) is 0 Å². The van der Waals surface area contributed by atoms with Crippen LogP contribution in [0, 0.1) is 6.92 Å². The van der Waals surface area contributed by atoms with Crippen molar-refractivity contribution < 1.29 is 0 Å². The second kappa shape index (κ2) is 4.35. The maximum Gasteiger partial charge on any atom is 0.0648 e. The molecule has 0 amide bonds. The molecule has 1 nitrogen and oxygen atoms in total. The van der Waals surface area contributed by atoms with Crippen molar-refractivity contribution >= 4 is 22.9 Å². The van der Waals surface area contributed by atoms with Gasteiger partial charge in [0.25, 0.3) is 0 Å². The van der Waals surface area contributed by atoms with Gasteiger partial charge in [0.2, 0.25) is 0 Å². The number of rotatable bonds is 2. The van der Waals surface area contributed by atoms with Gasteiger partial charge >= 0.3 is 0 Å². The zero-order chi connectivity index (χ0) is 10.8. The zero-order valence-electron chi connectivity index (χ0n) is 8.41. The molecule has 0 unspecified atom stereocenters. The highest BCUT2D eigenvalue weighted by molar-refractivity contribution is 7.10. The molecular formula is C12H12ClNS. The van der Waals surface area contributed by atoms with Crippen molar-refractivity contribution in [1.82, 2.24) is 0 Å². The molecule has 0 aliphatic carbocycles. The van der Waals surface area contributed by atoms with Crippen LogP contribution >= 0.6 is 22.9 Å². The minimum absolute atomic E-state index is 0.0396. The molecule has 0 fully saturated rings. The molecule has 1 atom stereocenters. The Labute approximate surface area is 98.5 Å². The summed E-state index contributed by atoms with van der Waals surface area (Å²) >= 11 is 7.59. The molecule has 1 heterocycles. The molecule has 2 N–H and O–H groups in total. The molecule has 0 aliphatic rings. The molecule has 1 aromatic heterocycles. The maximum absolute atomic E-state index is 6.18. The molecule has 0 radical (unpaired) electrons. The first-order valence-corrected chi connectivity index (χ1v) is 5.99. The summed E-state index contributed by atoms with van der Waals surface area (Å²) < 4.78 is 0. The zero-order valence-corrected chi connectivity index (χ0v) is 9.98. The SMILES string of the molecule is Cc1cc(Cl)ccc1[C@@H](N)c1cccs1. The minimum Gasteiger partial charge on any atom is -0.320 e. The summed E-state index contributed by atoms with van der Waals surface area (Å²) in [7, 11) is 0. The highest BCUT2D eigenvalue weighted by Gasteiger charge is 2.11.